The number of aromatic amines is 1. The van der Waals surface area contributed by atoms with Crippen molar-refractivity contribution in [3.63, 3.8) is 0 Å². The van der Waals surface area contributed by atoms with Gasteiger partial charge in [0.15, 0.2) is 17.3 Å². The number of nitrogen functional groups attached to an aromatic ring is 1. The molecule has 0 unspecified atom stereocenters. The van der Waals surface area contributed by atoms with Gasteiger partial charge in [-0.2, -0.15) is 0 Å². The van der Waals surface area contributed by atoms with Gasteiger partial charge in [-0.15, -0.1) is 0 Å². The van der Waals surface area contributed by atoms with Gasteiger partial charge in [0.05, 0.1) is 5.69 Å². The number of ketones is 3. The summed E-state index contributed by atoms with van der Waals surface area (Å²) in [5.74, 6) is -0.679. The van der Waals surface area contributed by atoms with Gasteiger partial charge in [0.2, 0.25) is 0 Å². The van der Waals surface area contributed by atoms with Crippen molar-refractivity contribution >= 4 is 33.9 Å². The Balaban J connectivity index is 2.96. The lowest BCUT2D eigenvalue weighted by Crippen LogP contribution is -2.05. The molecular formula is C14H14N2O3. The van der Waals surface area contributed by atoms with E-state index in [0.29, 0.717) is 16.5 Å². The second-order valence-corrected chi connectivity index (χ2v) is 4.49. The van der Waals surface area contributed by atoms with Crippen LogP contribution in [-0.2, 0) is 0 Å². The minimum Gasteiger partial charge on any atom is -0.396 e. The Bertz CT molecular complexity index is 726. The Morgan fingerprint density at radius 3 is 2.11 bits per heavy atom. The summed E-state index contributed by atoms with van der Waals surface area (Å²) in [5, 5.41) is 0.449. The first-order chi connectivity index (χ1) is 8.84. The summed E-state index contributed by atoms with van der Waals surface area (Å²) < 4.78 is 0. The monoisotopic (exact) mass is 258 g/mol. The lowest BCUT2D eigenvalue weighted by atomic mass is 9.96. The Labute approximate surface area is 109 Å². The van der Waals surface area contributed by atoms with Crippen molar-refractivity contribution in [2.24, 2.45) is 0 Å². The minimum absolute atomic E-state index is 0.211. The summed E-state index contributed by atoms with van der Waals surface area (Å²) in [6.45, 7) is 4.16. The maximum atomic E-state index is 11.8. The number of nitrogens with two attached hydrogens (primary N) is 1. The third-order valence-corrected chi connectivity index (χ3v) is 3.09. The number of hydrogen-bond donors (Lipinski definition) is 2. The van der Waals surface area contributed by atoms with Crippen LogP contribution in [-0.4, -0.2) is 22.3 Å². The summed E-state index contributed by atoms with van der Waals surface area (Å²) in [7, 11) is 0. The van der Waals surface area contributed by atoms with E-state index in [1.807, 2.05) is 0 Å². The molecule has 98 valence electrons. The molecule has 0 aliphatic carbocycles. The first-order valence-electron chi connectivity index (χ1n) is 5.81. The molecule has 5 nitrogen and oxygen atoms in total. The van der Waals surface area contributed by atoms with E-state index in [4.69, 9.17) is 5.73 Å². The third-order valence-electron chi connectivity index (χ3n) is 3.09. The zero-order chi connectivity index (χ0) is 14.3. The van der Waals surface area contributed by atoms with Crippen LogP contribution < -0.4 is 5.73 Å². The molecule has 0 saturated heterocycles. The number of carbonyl (C=O) groups excluding carboxylic acids is 3. The van der Waals surface area contributed by atoms with E-state index >= 15 is 0 Å². The average Bonchev–Trinajstić information content (AvgIpc) is 2.65. The zero-order valence-electron chi connectivity index (χ0n) is 11.0. The predicted octanol–water partition coefficient (Wildman–Crippen LogP) is 2.36. The average molecular weight is 258 g/mol. The molecule has 2 rings (SSSR count). The van der Waals surface area contributed by atoms with Crippen molar-refractivity contribution in [3.05, 3.63) is 29.0 Å². The van der Waals surface area contributed by atoms with E-state index in [1.54, 1.807) is 12.1 Å². The molecule has 0 amide bonds. The van der Waals surface area contributed by atoms with Crippen molar-refractivity contribution in [2.75, 3.05) is 5.73 Å². The Hall–Kier alpha value is -2.43. The maximum absolute atomic E-state index is 11.8. The van der Waals surface area contributed by atoms with Crippen LogP contribution in [0.2, 0.25) is 0 Å². The van der Waals surface area contributed by atoms with Crippen LogP contribution in [0.1, 0.15) is 52.0 Å². The van der Waals surface area contributed by atoms with Crippen molar-refractivity contribution in [1.82, 2.24) is 4.98 Å². The van der Waals surface area contributed by atoms with Crippen molar-refractivity contribution < 1.29 is 14.4 Å². The maximum Gasteiger partial charge on any atom is 0.178 e. The molecule has 0 spiro atoms. The smallest absolute Gasteiger partial charge is 0.178 e. The van der Waals surface area contributed by atoms with Crippen LogP contribution in [0.3, 0.4) is 0 Å². The Morgan fingerprint density at radius 2 is 1.63 bits per heavy atom. The molecule has 3 N–H and O–H groups in total. The standard InChI is InChI=1S/C14H14N2O3/c1-6(17)9-4-5-10-12(11(9)7(2)18)13(15)14(16-10)8(3)19/h4-5,16H,15H2,1-3H3. The van der Waals surface area contributed by atoms with Gasteiger partial charge >= 0.3 is 0 Å². The van der Waals surface area contributed by atoms with Gasteiger partial charge in [0.1, 0.15) is 5.69 Å². The fraction of sp³-hybridized carbons (Fsp3) is 0.214. The van der Waals surface area contributed by atoms with E-state index in [-0.39, 0.29) is 34.3 Å². The highest BCUT2D eigenvalue weighted by Crippen LogP contribution is 2.31. The van der Waals surface area contributed by atoms with Crippen molar-refractivity contribution in [3.8, 4) is 0 Å². The number of fused-ring (bicyclic) bond motifs is 1. The summed E-state index contributed by atoms with van der Waals surface area (Å²) in [6.07, 6.45) is 0. The predicted molar refractivity (Wildman–Crippen MR) is 72.7 cm³/mol. The first-order valence-corrected chi connectivity index (χ1v) is 5.81. The van der Waals surface area contributed by atoms with E-state index in [1.165, 1.54) is 20.8 Å². The molecule has 0 saturated carbocycles. The number of anilines is 1. The summed E-state index contributed by atoms with van der Waals surface area (Å²) in [4.78, 5) is 37.8. The molecule has 5 heteroatoms. The second-order valence-electron chi connectivity index (χ2n) is 4.49. The number of Topliss-reactive ketones (excluding diaryl/α,β-unsaturated/α-hetero) is 3. The summed E-state index contributed by atoms with van der Waals surface area (Å²) >= 11 is 0. The second kappa shape index (κ2) is 4.35. The molecule has 19 heavy (non-hydrogen) atoms. The van der Waals surface area contributed by atoms with Crippen LogP contribution in [0.5, 0.6) is 0 Å². The van der Waals surface area contributed by atoms with Crippen LogP contribution in [0.25, 0.3) is 10.9 Å². The largest absolute Gasteiger partial charge is 0.396 e. The van der Waals surface area contributed by atoms with E-state index < -0.39 is 0 Å². The number of H-pyrrole nitrogens is 1. The molecule has 0 aliphatic heterocycles. The zero-order valence-corrected chi connectivity index (χ0v) is 11.0. The van der Waals surface area contributed by atoms with Crippen LogP contribution in [0, 0.1) is 0 Å². The molecule has 0 aliphatic rings. The number of aromatic nitrogens is 1. The molecule has 0 bridgehead atoms. The number of rotatable bonds is 3. The molecule has 2 aromatic rings. The van der Waals surface area contributed by atoms with E-state index in [9.17, 15) is 14.4 Å². The fourth-order valence-electron chi connectivity index (χ4n) is 2.25. The highest BCUT2D eigenvalue weighted by atomic mass is 16.1. The molecule has 1 aromatic heterocycles. The number of carbonyl (C=O) groups is 3. The molecular weight excluding hydrogens is 244 g/mol. The van der Waals surface area contributed by atoms with E-state index in [0.717, 1.165) is 0 Å². The third kappa shape index (κ3) is 1.93. The number of nitrogens with one attached hydrogen (secondary N) is 1. The number of benzene rings is 1. The van der Waals surface area contributed by atoms with Crippen LogP contribution in [0.4, 0.5) is 5.69 Å². The fourth-order valence-corrected chi connectivity index (χ4v) is 2.25. The van der Waals surface area contributed by atoms with Gasteiger partial charge in [0.25, 0.3) is 0 Å². The first kappa shape index (κ1) is 13.0. The lowest BCUT2D eigenvalue weighted by molar-refractivity contribution is 0.0982. The van der Waals surface area contributed by atoms with Crippen LogP contribution in [0.15, 0.2) is 12.1 Å². The molecule has 0 fully saturated rings. The van der Waals surface area contributed by atoms with Gasteiger partial charge in [-0.1, -0.05) is 0 Å². The van der Waals surface area contributed by atoms with Crippen molar-refractivity contribution in [2.45, 2.75) is 20.8 Å². The Kier molecular flexibility index (Phi) is 2.98. The number of hydrogen-bond acceptors (Lipinski definition) is 4. The summed E-state index contributed by atoms with van der Waals surface area (Å²) in [5.41, 5.74) is 7.58. The highest BCUT2D eigenvalue weighted by molar-refractivity contribution is 6.20. The quantitative estimate of drug-likeness (QED) is 0.826. The SMILES string of the molecule is CC(=O)c1ccc2[nH]c(C(C)=O)c(N)c2c1C(C)=O. The van der Waals surface area contributed by atoms with Gasteiger partial charge in [0, 0.05) is 29.0 Å². The lowest BCUT2D eigenvalue weighted by Gasteiger charge is -2.06. The topological polar surface area (TPSA) is 93.0 Å². The van der Waals surface area contributed by atoms with Gasteiger partial charge in [-0.25, -0.2) is 0 Å². The van der Waals surface area contributed by atoms with Crippen LogP contribution >= 0.6 is 0 Å². The van der Waals surface area contributed by atoms with E-state index in [2.05, 4.69) is 4.98 Å². The molecule has 1 heterocycles. The molecule has 1 aromatic carbocycles. The normalized spacial score (nSPS) is 10.7. The minimum atomic E-state index is -0.253. The molecule has 0 atom stereocenters. The van der Waals surface area contributed by atoms with Gasteiger partial charge in [-0.3, -0.25) is 14.4 Å². The highest BCUT2D eigenvalue weighted by Gasteiger charge is 2.21. The van der Waals surface area contributed by atoms with Gasteiger partial charge in [-0.05, 0) is 26.0 Å². The molecule has 0 radical (unpaired) electrons. The summed E-state index contributed by atoms with van der Waals surface area (Å²) in [6, 6.07) is 3.22. The van der Waals surface area contributed by atoms with Crippen molar-refractivity contribution in [1.29, 1.82) is 0 Å². The van der Waals surface area contributed by atoms with Gasteiger partial charge < -0.3 is 10.7 Å². The Morgan fingerprint density at radius 1 is 1.00 bits per heavy atom.